The van der Waals surface area contributed by atoms with Crippen molar-refractivity contribution in [3.8, 4) is 0 Å². The molecule has 0 radical (unpaired) electrons. The maximum absolute atomic E-state index is 14.6. The smallest absolute Gasteiger partial charge is 0.165 e. The Labute approximate surface area is 114 Å². The summed E-state index contributed by atoms with van der Waals surface area (Å²) in [5, 5.41) is 2.00. The van der Waals surface area contributed by atoms with Gasteiger partial charge in [0.15, 0.2) is 5.82 Å². The molecule has 0 saturated carbocycles. The van der Waals surface area contributed by atoms with Crippen molar-refractivity contribution in [2.24, 2.45) is 4.99 Å². The van der Waals surface area contributed by atoms with Crippen molar-refractivity contribution in [1.82, 2.24) is 4.42 Å². The first-order chi connectivity index (χ1) is 9.27. The molecular formula is C14H11ClFN3. The SMILES string of the molecule is FN(C1=c2ccccc2=NCN1Cl)c1ccccc1. The molecule has 0 saturated heterocycles. The molecule has 1 heterocycles. The van der Waals surface area contributed by atoms with Crippen molar-refractivity contribution in [2.75, 3.05) is 11.8 Å². The molecule has 0 unspecified atom stereocenters. The van der Waals surface area contributed by atoms with E-state index in [2.05, 4.69) is 4.99 Å². The lowest BCUT2D eigenvalue weighted by atomic mass is 10.2. The molecule has 2 aromatic carbocycles. The van der Waals surface area contributed by atoms with Gasteiger partial charge in [0.1, 0.15) is 6.67 Å². The Morgan fingerprint density at radius 2 is 1.74 bits per heavy atom. The summed E-state index contributed by atoms with van der Waals surface area (Å²) in [6.07, 6.45) is 0. The predicted molar refractivity (Wildman–Crippen MR) is 73.2 cm³/mol. The summed E-state index contributed by atoms with van der Waals surface area (Å²) in [6.45, 7) is 0.223. The van der Waals surface area contributed by atoms with Crippen LogP contribution in [0.2, 0.25) is 0 Å². The van der Waals surface area contributed by atoms with E-state index in [1.54, 1.807) is 30.3 Å². The van der Waals surface area contributed by atoms with Crippen molar-refractivity contribution < 1.29 is 4.48 Å². The van der Waals surface area contributed by atoms with E-state index < -0.39 is 0 Å². The van der Waals surface area contributed by atoms with Crippen LogP contribution in [0.3, 0.4) is 0 Å². The fourth-order valence-corrected chi connectivity index (χ4v) is 2.23. The second-order valence-electron chi connectivity index (χ2n) is 4.12. The van der Waals surface area contributed by atoms with Crippen molar-refractivity contribution in [3.63, 3.8) is 0 Å². The number of hydrogen-bond donors (Lipinski definition) is 0. The van der Waals surface area contributed by atoms with E-state index in [1.807, 2.05) is 24.3 Å². The quantitative estimate of drug-likeness (QED) is 0.783. The van der Waals surface area contributed by atoms with E-state index in [1.165, 1.54) is 4.42 Å². The molecule has 0 amide bonds. The fraction of sp³-hybridized carbons (Fsp3) is 0.0714. The van der Waals surface area contributed by atoms with Crippen LogP contribution in [0.15, 0.2) is 59.6 Å². The minimum atomic E-state index is 0.223. The Balaban J connectivity index is 2.20. The van der Waals surface area contributed by atoms with E-state index in [4.69, 9.17) is 11.8 Å². The molecule has 3 rings (SSSR count). The Hall–Kier alpha value is -2.07. The molecule has 0 N–H and O–H groups in total. The number of halogens is 2. The lowest BCUT2D eigenvalue weighted by Crippen LogP contribution is -2.41. The van der Waals surface area contributed by atoms with Gasteiger partial charge in [0, 0.05) is 17.0 Å². The molecule has 19 heavy (non-hydrogen) atoms. The number of para-hydroxylation sites is 2. The second-order valence-corrected chi connectivity index (χ2v) is 4.53. The highest BCUT2D eigenvalue weighted by Crippen LogP contribution is 2.23. The number of anilines is 1. The van der Waals surface area contributed by atoms with E-state index in [0.717, 1.165) is 5.36 Å². The molecule has 0 bridgehead atoms. The van der Waals surface area contributed by atoms with Crippen molar-refractivity contribution in [1.29, 1.82) is 0 Å². The minimum Gasteiger partial charge on any atom is -0.262 e. The molecule has 3 nitrogen and oxygen atoms in total. The first-order valence-electron chi connectivity index (χ1n) is 5.85. The van der Waals surface area contributed by atoms with Gasteiger partial charge < -0.3 is 0 Å². The van der Waals surface area contributed by atoms with Gasteiger partial charge in [-0.1, -0.05) is 34.8 Å². The molecule has 1 aliphatic heterocycles. The predicted octanol–water partition coefficient (Wildman–Crippen LogP) is 2.19. The number of fused-ring (bicyclic) bond motifs is 1. The Morgan fingerprint density at radius 3 is 2.53 bits per heavy atom. The monoisotopic (exact) mass is 275 g/mol. The number of rotatable bonds is 2. The molecule has 0 fully saturated rings. The van der Waals surface area contributed by atoms with Crippen LogP contribution in [0, 0.1) is 0 Å². The molecule has 2 aromatic rings. The van der Waals surface area contributed by atoms with Gasteiger partial charge in [0.05, 0.1) is 11.0 Å². The zero-order valence-corrected chi connectivity index (χ0v) is 10.8. The lowest BCUT2D eigenvalue weighted by Gasteiger charge is -2.25. The van der Waals surface area contributed by atoms with Crippen molar-refractivity contribution in [3.05, 3.63) is 65.2 Å². The molecule has 0 aliphatic carbocycles. The molecule has 5 heteroatoms. The lowest BCUT2D eigenvalue weighted by molar-refractivity contribution is 0.453. The number of hydrogen-bond acceptors (Lipinski definition) is 3. The highest BCUT2D eigenvalue weighted by molar-refractivity contribution is 6.17. The van der Waals surface area contributed by atoms with Crippen molar-refractivity contribution in [2.45, 2.75) is 0 Å². The van der Waals surface area contributed by atoms with Crippen LogP contribution >= 0.6 is 11.8 Å². The first kappa shape index (κ1) is 12.0. The molecule has 1 aliphatic rings. The second kappa shape index (κ2) is 4.90. The van der Waals surface area contributed by atoms with Gasteiger partial charge in [0.2, 0.25) is 0 Å². The molecule has 0 spiro atoms. The molecule has 0 atom stereocenters. The van der Waals surface area contributed by atoms with Gasteiger partial charge in [-0.05, 0) is 24.3 Å². The van der Waals surface area contributed by atoms with Gasteiger partial charge in [-0.3, -0.25) is 4.99 Å². The fourth-order valence-electron chi connectivity index (χ4n) is 2.02. The summed E-state index contributed by atoms with van der Waals surface area (Å²) in [5.41, 5.74) is 0.430. The zero-order valence-electron chi connectivity index (χ0n) is 10.0. The van der Waals surface area contributed by atoms with Gasteiger partial charge >= 0.3 is 0 Å². The summed E-state index contributed by atoms with van der Waals surface area (Å²) in [7, 11) is 0. The van der Waals surface area contributed by atoms with Crippen LogP contribution in [0.1, 0.15) is 0 Å². The highest BCUT2D eigenvalue weighted by atomic mass is 35.5. The largest absolute Gasteiger partial charge is 0.262 e. The summed E-state index contributed by atoms with van der Waals surface area (Å²) in [4.78, 5) is 4.28. The minimum absolute atomic E-state index is 0.223. The summed E-state index contributed by atoms with van der Waals surface area (Å²) in [5.74, 6) is 0.290. The van der Waals surface area contributed by atoms with Gasteiger partial charge in [-0.25, -0.2) is 4.42 Å². The Bertz CT molecular complexity index is 702. The number of benzene rings is 2. The van der Waals surface area contributed by atoms with Gasteiger partial charge in [-0.2, -0.15) is 5.12 Å². The average Bonchev–Trinajstić information content (AvgIpc) is 2.47. The van der Waals surface area contributed by atoms with E-state index in [0.29, 0.717) is 21.8 Å². The van der Waals surface area contributed by atoms with Crippen LogP contribution in [0.5, 0.6) is 0 Å². The number of nitrogens with zero attached hydrogens (tertiary/aromatic N) is 3. The summed E-state index contributed by atoms with van der Waals surface area (Å²) < 4.78 is 15.9. The topological polar surface area (TPSA) is 18.8 Å². The molecule has 96 valence electrons. The maximum atomic E-state index is 14.6. The standard InChI is InChI=1S/C14H11ClFN3/c15-18-10-17-13-9-5-4-8-12(13)14(18)19(16)11-6-2-1-3-7-11/h1-9H,10H2. The maximum Gasteiger partial charge on any atom is 0.165 e. The third-order valence-electron chi connectivity index (χ3n) is 2.91. The van der Waals surface area contributed by atoms with E-state index >= 15 is 0 Å². The van der Waals surface area contributed by atoms with Crippen LogP contribution < -0.4 is 15.7 Å². The average molecular weight is 276 g/mol. The highest BCUT2D eigenvalue weighted by Gasteiger charge is 2.20. The van der Waals surface area contributed by atoms with Crippen LogP contribution in [0.25, 0.3) is 5.82 Å². The van der Waals surface area contributed by atoms with Crippen molar-refractivity contribution >= 4 is 23.3 Å². The summed E-state index contributed by atoms with van der Waals surface area (Å²) >= 11 is 6.08. The van der Waals surface area contributed by atoms with Crippen LogP contribution in [-0.4, -0.2) is 11.1 Å². The Kier molecular flexibility index (Phi) is 3.09. The van der Waals surface area contributed by atoms with E-state index in [9.17, 15) is 4.48 Å². The van der Waals surface area contributed by atoms with Gasteiger partial charge in [0.25, 0.3) is 0 Å². The molecule has 0 aromatic heterocycles. The third kappa shape index (κ3) is 2.15. The van der Waals surface area contributed by atoms with Crippen LogP contribution in [0.4, 0.5) is 10.2 Å². The first-order valence-corrected chi connectivity index (χ1v) is 6.19. The normalized spacial score (nSPS) is 13.8. The van der Waals surface area contributed by atoms with E-state index in [-0.39, 0.29) is 6.67 Å². The van der Waals surface area contributed by atoms with Gasteiger partial charge in [-0.15, -0.1) is 0 Å². The zero-order chi connectivity index (χ0) is 13.2. The molecular weight excluding hydrogens is 265 g/mol. The summed E-state index contributed by atoms with van der Waals surface area (Å²) in [6, 6.07) is 16.1. The Morgan fingerprint density at radius 1 is 1.05 bits per heavy atom. The van der Waals surface area contributed by atoms with Crippen LogP contribution in [-0.2, 0) is 0 Å². The third-order valence-corrected chi connectivity index (χ3v) is 3.18.